The van der Waals surface area contributed by atoms with Crippen LogP contribution in [0.15, 0.2) is 0 Å². The van der Waals surface area contributed by atoms with Gasteiger partial charge in [0.2, 0.25) is 21.8 Å². The van der Waals surface area contributed by atoms with Crippen LogP contribution in [0.25, 0.3) is 0 Å². The van der Waals surface area contributed by atoms with Gasteiger partial charge in [-0.05, 0) is 19.8 Å². The molecule has 0 aliphatic carbocycles. The Bertz CT molecular complexity index is 426. The van der Waals surface area contributed by atoms with Crippen LogP contribution in [-0.2, 0) is 19.6 Å². The summed E-state index contributed by atoms with van der Waals surface area (Å²) in [6.07, 6.45) is 2.17. The predicted molar refractivity (Wildman–Crippen MR) is 65.7 cm³/mol. The molecule has 1 radical (unpaired) electrons. The standard InChI is InChI=1S/C10H18N3O4S/c1-7(9(11)14)10(15)13-5-3-8(4-6-13)12-18(2,16)17/h8,12H,3-6H2,1-2H3,(H2,11,14). The summed E-state index contributed by atoms with van der Waals surface area (Å²) in [4.78, 5) is 24.2. The van der Waals surface area contributed by atoms with E-state index in [9.17, 15) is 18.0 Å². The number of hydrogen-bond acceptors (Lipinski definition) is 4. The molecule has 2 amide bonds. The number of nitrogens with one attached hydrogen (secondary N) is 1. The molecule has 0 saturated carbocycles. The van der Waals surface area contributed by atoms with Crippen LogP contribution in [0.3, 0.4) is 0 Å². The van der Waals surface area contributed by atoms with Gasteiger partial charge in [0.25, 0.3) is 0 Å². The second-order valence-corrected chi connectivity index (χ2v) is 6.23. The molecule has 0 aromatic carbocycles. The van der Waals surface area contributed by atoms with Crippen LogP contribution in [0.1, 0.15) is 19.8 Å². The molecule has 1 saturated heterocycles. The number of carbonyl (C=O) groups is 2. The monoisotopic (exact) mass is 276 g/mol. The molecular weight excluding hydrogens is 258 g/mol. The quantitative estimate of drug-likeness (QED) is 0.616. The normalized spacial score (nSPS) is 18.1. The molecule has 0 atom stereocenters. The van der Waals surface area contributed by atoms with Crippen molar-refractivity contribution in [1.82, 2.24) is 9.62 Å². The maximum atomic E-state index is 11.8. The van der Waals surface area contributed by atoms with E-state index in [1.165, 1.54) is 11.8 Å². The number of sulfonamides is 1. The van der Waals surface area contributed by atoms with Crippen LogP contribution in [-0.4, -0.2) is 50.5 Å². The molecule has 0 aromatic rings. The Hall–Kier alpha value is -1.15. The van der Waals surface area contributed by atoms with Crippen LogP contribution in [0.5, 0.6) is 0 Å². The summed E-state index contributed by atoms with van der Waals surface area (Å²) in [5, 5.41) is 0. The smallest absolute Gasteiger partial charge is 0.239 e. The molecule has 103 valence electrons. The Morgan fingerprint density at radius 3 is 2.17 bits per heavy atom. The third kappa shape index (κ3) is 4.26. The molecule has 1 fully saturated rings. The zero-order valence-corrected chi connectivity index (χ0v) is 11.3. The van der Waals surface area contributed by atoms with E-state index in [0.717, 1.165) is 6.26 Å². The molecular formula is C10H18N3O4S. The summed E-state index contributed by atoms with van der Waals surface area (Å²) < 4.78 is 24.6. The summed E-state index contributed by atoms with van der Waals surface area (Å²) in [5.41, 5.74) is 5.04. The SMILES string of the molecule is C[C](C(N)=O)C(=O)N1CCC(NS(C)(=O)=O)CC1. The van der Waals surface area contributed by atoms with Gasteiger partial charge in [-0.25, -0.2) is 13.1 Å². The average molecular weight is 276 g/mol. The average Bonchev–Trinajstić information content (AvgIpc) is 2.26. The van der Waals surface area contributed by atoms with Gasteiger partial charge < -0.3 is 10.6 Å². The largest absolute Gasteiger partial charge is 0.369 e. The minimum Gasteiger partial charge on any atom is -0.369 e. The number of hydrogen-bond donors (Lipinski definition) is 2. The van der Waals surface area contributed by atoms with E-state index in [4.69, 9.17) is 5.73 Å². The number of rotatable bonds is 4. The minimum absolute atomic E-state index is 0.00419. The van der Waals surface area contributed by atoms with Crippen molar-refractivity contribution in [2.24, 2.45) is 5.73 Å². The first-order chi connectivity index (χ1) is 8.20. The van der Waals surface area contributed by atoms with Crippen LogP contribution in [0, 0.1) is 5.92 Å². The van der Waals surface area contributed by atoms with Gasteiger partial charge in [-0.3, -0.25) is 9.59 Å². The second kappa shape index (κ2) is 5.66. The van der Waals surface area contributed by atoms with Crippen molar-refractivity contribution in [3.05, 3.63) is 5.92 Å². The molecule has 1 heterocycles. The lowest BCUT2D eigenvalue weighted by Gasteiger charge is -2.32. The summed E-state index contributed by atoms with van der Waals surface area (Å²) in [7, 11) is -3.22. The summed E-state index contributed by atoms with van der Waals surface area (Å²) >= 11 is 0. The number of nitrogens with zero attached hydrogens (tertiary/aromatic N) is 1. The topological polar surface area (TPSA) is 110 Å². The number of piperidine rings is 1. The maximum absolute atomic E-state index is 11.8. The second-order valence-electron chi connectivity index (χ2n) is 4.45. The van der Waals surface area contributed by atoms with Gasteiger partial charge in [0.05, 0.1) is 6.26 Å². The van der Waals surface area contributed by atoms with Crippen molar-refractivity contribution in [3.63, 3.8) is 0 Å². The van der Waals surface area contributed by atoms with Crippen molar-refractivity contribution >= 4 is 21.8 Å². The Kier molecular flexibility index (Phi) is 4.69. The van der Waals surface area contributed by atoms with Gasteiger partial charge in [-0.1, -0.05) is 0 Å². The predicted octanol–water partition coefficient (Wildman–Crippen LogP) is -1.39. The molecule has 18 heavy (non-hydrogen) atoms. The van der Waals surface area contributed by atoms with E-state index in [-0.39, 0.29) is 17.9 Å². The zero-order valence-electron chi connectivity index (χ0n) is 10.5. The zero-order chi connectivity index (χ0) is 13.9. The summed E-state index contributed by atoms with van der Waals surface area (Å²) in [6.45, 7) is 2.22. The van der Waals surface area contributed by atoms with E-state index in [0.29, 0.717) is 25.9 Å². The van der Waals surface area contributed by atoms with E-state index in [2.05, 4.69) is 4.72 Å². The fourth-order valence-corrected chi connectivity index (χ4v) is 2.69. The van der Waals surface area contributed by atoms with Gasteiger partial charge >= 0.3 is 0 Å². The third-order valence-electron chi connectivity index (χ3n) is 2.85. The highest BCUT2D eigenvalue weighted by Crippen LogP contribution is 2.14. The number of carbonyl (C=O) groups excluding carboxylic acids is 2. The Balaban J connectivity index is 2.49. The van der Waals surface area contributed by atoms with Crippen LogP contribution < -0.4 is 10.5 Å². The fraction of sp³-hybridized carbons (Fsp3) is 0.700. The van der Waals surface area contributed by atoms with Crippen molar-refractivity contribution in [2.75, 3.05) is 19.3 Å². The first-order valence-electron chi connectivity index (χ1n) is 5.60. The highest BCUT2D eigenvalue weighted by atomic mass is 32.2. The van der Waals surface area contributed by atoms with Crippen LogP contribution >= 0.6 is 0 Å². The lowest BCUT2D eigenvalue weighted by molar-refractivity contribution is -0.133. The highest BCUT2D eigenvalue weighted by molar-refractivity contribution is 7.88. The molecule has 1 rings (SSSR count). The molecule has 0 bridgehead atoms. The molecule has 1 aliphatic heterocycles. The van der Waals surface area contributed by atoms with E-state index >= 15 is 0 Å². The first-order valence-corrected chi connectivity index (χ1v) is 7.50. The van der Waals surface area contributed by atoms with Gasteiger partial charge in [0, 0.05) is 19.1 Å². The lowest BCUT2D eigenvalue weighted by atomic mass is 10.0. The van der Waals surface area contributed by atoms with Crippen molar-refractivity contribution < 1.29 is 18.0 Å². The fourth-order valence-electron chi connectivity index (χ4n) is 1.85. The van der Waals surface area contributed by atoms with Gasteiger partial charge in [0.1, 0.15) is 5.92 Å². The number of likely N-dealkylation sites (tertiary alicyclic amines) is 1. The van der Waals surface area contributed by atoms with Crippen molar-refractivity contribution in [1.29, 1.82) is 0 Å². The number of primary amides is 1. The highest BCUT2D eigenvalue weighted by Gasteiger charge is 2.29. The summed E-state index contributed by atoms with van der Waals surface area (Å²) in [5.74, 6) is -1.10. The minimum atomic E-state index is -3.22. The molecule has 0 spiro atoms. The van der Waals surface area contributed by atoms with E-state index in [1.54, 1.807) is 0 Å². The molecule has 0 aromatic heterocycles. The van der Waals surface area contributed by atoms with Crippen molar-refractivity contribution in [3.8, 4) is 0 Å². The Morgan fingerprint density at radius 1 is 1.28 bits per heavy atom. The Morgan fingerprint density at radius 2 is 1.78 bits per heavy atom. The number of nitrogens with two attached hydrogens (primary N) is 1. The lowest BCUT2D eigenvalue weighted by Crippen LogP contribution is -2.48. The van der Waals surface area contributed by atoms with Crippen molar-refractivity contribution in [2.45, 2.75) is 25.8 Å². The maximum Gasteiger partial charge on any atom is 0.239 e. The number of amides is 2. The van der Waals surface area contributed by atoms with Crippen LogP contribution in [0.2, 0.25) is 0 Å². The van der Waals surface area contributed by atoms with Gasteiger partial charge in [-0.2, -0.15) is 0 Å². The third-order valence-corrected chi connectivity index (χ3v) is 3.61. The van der Waals surface area contributed by atoms with E-state index in [1.807, 2.05) is 0 Å². The molecule has 3 N–H and O–H groups in total. The molecule has 7 nitrogen and oxygen atoms in total. The van der Waals surface area contributed by atoms with Gasteiger partial charge in [0.15, 0.2) is 0 Å². The Labute approximate surface area is 107 Å². The molecule has 1 aliphatic rings. The van der Waals surface area contributed by atoms with Gasteiger partial charge in [-0.15, -0.1) is 0 Å². The van der Waals surface area contributed by atoms with Crippen LogP contribution in [0.4, 0.5) is 0 Å². The molecule has 8 heteroatoms. The van der Waals surface area contributed by atoms with E-state index < -0.39 is 15.9 Å². The first kappa shape index (κ1) is 14.9. The summed E-state index contributed by atoms with van der Waals surface area (Å²) in [6, 6.07) is -0.155. The molecule has 0 unspecified atom stereocenters.